The summed E-state index contributed by atoms with van der Waals surface area (Å²) in [5, 5.41) is 7.47. The molecule has 0 aromatic carbocycles. The third-order valence-corrected chi connectivity index (χ3v) is 5.18. The van der Waals surface area contributed by atoms with Crippen LogP contribution in [0.4, 0.5) is 0 Å². The van der Waals surface area contributed by atoms with Crippen molar-refractivity contribution in [2.45, 2.75) is 32.4 Å². The maximum Gasteiger partial charge on any atom is 0.194 e. The summed E-state index contributed by atoms with van der Waals surface area (Å²) in [5.41, 5.74) is 1.00. The van der Waals surface area contributed by atoms with Gasteiger partial charge in [-0.05, 0) is 19.8 Å². The summed E-state index contributed by atoms with van der Waals surface area (Å²) in [6.07, 6.45) is 4.28. The van der Waals surface area contributed by atoms with Crippen molar-refractivity contribution in [1.82, 2.24) is 25.2 Å². The summed E-state index contributed by atoms with van der Waals surface area (Å²) in [4.78, 5) is 12.2. The molecule has 0 unspecified atom stereocenters. The Hall–Kier alpha value is -0.910. The number of aliphatic imine (C=N–C) groups is 1. The van der Waals surface area contributed by atoms with Gasteiger partial charge in [0.1, 0.15) is 6.26 Å². The molecule has 1 N–H and O–H groups in total. The molecule has 3 rings (SSSR count). The van der Waals surface area contributed by atoms with Gasteiger partial charge in [-0.25, -0.2) is 0 Å². The van der Waals surface area contributed by atoms with Crippen molar-refractivity contribution in [2.75, 3.05) is 66.1 Å². The maximum absolute atomic E-state index is 5.25. The summed E-state index contributed by atoms with van der Waals surface area (Å²) < 4.78 is 10.2. The topological polar surface area (TPSA) is 69.4 Å². The standard InChI is InChI=1S/C19H34N6O2.HI/c1-3-20-19(21-7-8-24(13-15-26-2)18-4-5-18)25-11-9-23(10-12-25)16-17-6-14-27-22-17;/h6,14,18H,3-5,7-13,15-16H2,1-2H3,(H,20,21);1H. The van der Waals surface area contributed by atoms with Crippen molar-refractivity contribution in [3.05, 3.63) is 18.0 Å². The predicted octanol–water partition coefficient (Wildman–Crippen LogP) is 1.49. The Labute approximate surface area is 185 Å². The number of guanidine groups is 1. The molecule has 0 spiro atoms. The number of halogens is 1. The van der Waals surface area contributed by atoms with E-state index in [4.69, 9.17) is 14.3 Å². The average molecular weight is 506 g/mol. The van der Waals surface area contributed by atoms with E-state index < -0.39 is 0 Å². The molecular formula is C19H35IN6O2. The summed E-state index contributed by atoms with van der Waals surface area (Å²) >= 11 is 0. The van der Waals surface area contributed by atoms with E-state index in [1.165, 1.54) is 12.8 Å². The molecule has 0 amide bonds. The van der Waals surface area contributed by atoms with Crippen LogP contribution in [0.2, 0.25) is 0 Å². The zero-order valence-corrected chi connectivity index (χ0v) is 19.5. The quantitative estimate of drug-likeness (QED) is 0.293. The Morgan fingerprint density at radius 3 is 2.71 bits per heavy atom. The van der Waals surface area contributed by atoms with Gasteiger partial charge in [0.2, 0.25) is 0 Å². The predicted molar refractivity (Wildman–Crippen MR) is 121 cm³/mol. The fourth-order valence-electron chi connectivity index (χ4n) is 3.50. The molecule has 2 heterocycles. The Balaban J connectivity index is 0.00000280. The van der Waals surface area contributed by atoms with Crippen LogP contribution < -0.4 is 5.32 Å². The third kappa shape index (κ3) is 7.49. The first-order chi connectivity index (χ1) is 13.3. The molecule has 1 aliphatic carbocycles. The van der Waals surface area contributed by atoms with Crippen molar-refractivity contribution >= 4 is 29.9 Å². The summed E-state index contributed by atoms with van der Waals surface area (Å²) in [7, 11) is 1.77. The molecule has 0 radical (unpaired) electrons. The van der Waals surface area contributed by atoms with Gasteiger partial charge in [-0.3, -0.25) is 14.8 Å². The molecule has 9 heteroatoms. The van der Waals surface area contributed by atoms with Crippen LogP contribution in [-0.2, 0) is 11.3 Å². The van der Waals surface area contributed by atoms with Crippen molar-refractivity contribution in [3.8, 4) is 0 Å². The average Bonchev–Trinajstić information content (AvgIpc) is 3.41. The minimum absolute atomic E-state index is 0. The number of ether oxygens (including phenoxy) is 1. The van der Waals surface area contributed by atoms with Gasteiger partial charge in [0, 0.05) is 71.6 Å². The normalized spacial score (nSPS) is 18.4. The number of aromatic nitrogens is 1. The lowest BCUT2D eigenvalue weighted by Crippen LogP contribution is -2.52. The minimum Gasteiger partial charge on any atom is -0.383 e. The lowest BCUT2D eigenvalue weighted by molar-refractivity contribution is 0.145. The van der Waals surface area contributed by atoms with E-state index >= 15 is 0 Å². The highest BCUT2D eigenvalue weighted by atomic mass is 127. The van der Waals surface area contributed by atoms with E-state index in [2.05, 4.69) is 32.1 Å². The summed E-state index contributed by atoms with van der Waals surface area (Å²) in [5.74, 6) is 1.04. The van der Waals surface area contributed by atoms with Gasteiger partial charge in [-0.2, -0.15) is 0 Å². The van der Waals surface area contributed by atoms with Crippen molar-refractivity contribution in [2.24, 2.45) is 4.99 Å². The fraction of sp³-hybridized carbons (Fsp3) is 0.789. The number of nitrogens with zero attached hydrogens (tertiary/aromatic N) is 5. The number of nitrogens with one attached hydrogen (secondary N) is 1. The van der Waals surface area contributed by atoms with Crippen LogP contribution >= 0.6 is 24.0 Å². The highest BCUT2D eigenvalue weighted by Gasteiger charge is 2.28. The van der Waals surface area contributed by atoms with E-state index in [-0.39, 0.29) is 24.0 Å². The van der Waals surface area contributed by atoms with E-state index in [0.717, 1.165) is 83.2 Å². The van der Waals surface area contributed by atoms with Crippen molar-refractivity contribution in [1.29, 1.82) is 0 Å². The van der Waals surface area contributed by atoms with Gasteiger partial charge in [0.25, 0.3) is 0 Å². The Morgan fingerprint density at radius 2 is 2.11 bits per heavy atom. The van der Waals surface area contributed by atoms with Crippen LogP contribution in [0.1, 0.15) is 25.5 Å². The highest BCUT2D eigenvalue weighted by molar-refractivity contribution is 14.0. The first kappa shape index (κ1) is 23.4. The number of hydrogen-bond acceptors (Lipinski definition) is 6. The highest BCUT2D eigenvalue weighted by Crippen LogP contribution is 2.26. The van der Waals surface area contributed by atoms with Gasteiger partial charge >= 0.3 is 0 Å². The van der Waals surface area contributed by atoms with Crippen LogP contribution in [0.15, 0.2) is 21.8 Å². The van der Waals surface area contributed by atoms with Crippen LogP contribution in [0.3, 0.4) is 0 Å². The van der Waals surface area contributed by atoms with Gasteiger partial charge in [-0.15, -0.1) is 24.0 Å². The molecular weight excluding hydrogens is 471 g/mol. The minimum atomic E-state index is 0. The molecule has 0 bridgehead atoms. The third-order valence-electron chi connectivity index (χ3n) is 5.18. The smallest absolute Gasteiger partial charge is 0.194 e. The van der Waals surface area contributed by atoms with Crippen molar-refractivity contribution in [3.63, 3.8) is 0 Å². The molecule has 1 aromatic rings. The molecule has 2 aliphatic rings. The Bertz CT molecular complexity index is 559. The molecule has 8 nitrogen and oxygen atoms in total. The first-order valence-electron chi connectivity index (χ1n) is 10.2. The lowest BCUT2D eigenvalue weighted by atomic mass is 10.3. The molecule has 2 fully saturated rings. The molecule has 160 valence electrons. The Kier molecular flexibility index (Phi) is 10.5. The van der Waals surface area contributed by atoms with Crippen LogP contribution in [0.5, 0.6) is 0 Å². The number of methoxy groups -OCH3 is 1. The molecule has 0 atom stereocenters. The maximum atomic E-state index is 5.25. The number of piperazine rings is 1. The van der Waals surface area contributed by atoms with E-state index in [1.54, 1.807) is 13.4 Å². The van der Waals surface area contributed by atoms with E-state index in [0.29, 0.717) is 0 Å². The fourth-order valence-corrected chi connectivity index (χ4v) is 3.50. The van der Waals surface area contributed by atoms with Crippen LogP contribution in [-0.4, -0.2) is 97.9 Å². The summed E-state index contributed by atoms with van der Waals surface area (Å²) in [6.45, 7) is 11.5. The van der Waals surface area contributed by atoms with Gasteiger partial charge in [-0.1, -0.05) is 5.16 Å². The van der Waals surface area contributed by atoms with Crippen LogP contribution in [0, 0.1) is 0 Å². The zero-order valence-electron chi connectivity index (χ0n) is 17.2. The van der Waals surface area contributed by atoms with Crippen LogP contribution in [0.25, 0.3) is 0 Å². The lowest BCUT2D eigenvalue weighted by Gasteiger charge is -2.36. The number of rotatable bonds is 10. The second kappa shape index (κ2) is 12.6. The van der Waals surface area contributed by atoms with Gasteiger partial charge < -0.3 is 19.5 Å². The largest absolute Gasteiger partial charge is 0.383 e. The first-order valence-corrected chi connectivity index (χ1v) is 10.2. The van der Waals surface area contributed by atoms with Gasteiger partial charge in [0.15, 0.2) is 5.96 Å². The molecule has 1 saturated heterocycles. The molecule has 1 saturated carbocycles. The second-order valence-electron chi connectivity index (χ2n) is 7.25. The van der Waals surface area contributed by atoms with E-state index in [9.17, 15) is 0 Å². The van der Waals surface area contributed by atoms with E-state index in [1.807, 2.05) is 6.07 Å². The van der Waals surface area contributed by atoms with Crippen molar-refractivity contribution < 1.29 is 9.26 Å². The monoisotopic (exact) mass is 506 g/mol. The van der Waals surface area contributed by atoms with Gasteiger partial charge in [0.05, 0.1) is 18.8 Å². The second-order valence-corrected chi connectivity index (χ2v) is 7.25. The molecule has 28 heavy (non-hydrogen) atoms. The summed E-state index contributed by atoms with van der Waals surface area (Å²) in [6, 6.07) is 2.69. The SMILES string of the molecule is CCNC(=NCCN(CCOC)C1CC1)N1CCN(Cc2ccon2)CC1.I. The number of hydrogen-bond donors (Lipinski definition) is 1. The molecule has 1 aromatic heterocycles. The molecule has 1 aliphatic heterocycles. The zero-order chi connectivity index (χ0) is 18.9. The Morgan fingerprint density at radius 1 is 1.32 bits per heavy atom.